The van der Waals surface area contributed by atoms with Crippen molar-refractivity contribution in [1.29, 1.82) is 10.5 Å². The van der Waals surface area contributed by atoms with E-state index in [0.717, 1.165) is 77.2 Å². The average molecular weight is 411 g/mol. The Morgan fingerprint density at radius 2 is 1.57 bits per heavy atom. The third-order valence-electron chi connectivity index (χ3n) is 7.12. The van der Waals surface area contributed by atoms with Gasteiger partial charge in [0.2, 0.25) is 5.91 Å². The Morgan fingerprint density at radius 1 is 0.867 bits per heavy atom. The maximum Gasteiger partial charge on any atom is 0.225 e. The summed E-state index contributed by atoms with van der Waals surface area (Å²) in [5.74, 6) is 1.45. The van der Waals surface area contributed by atoms with Gasteiger partial charge in [-0.3, -0.25) is 4.79 Å². The van der Waals surface area contributed by atoms with Gasteiger partial charge in [-0.25, -0.2) is 0 Å². The summed E-state index contributed by atoms with van der Waals surface area (Å²) in [7, 11) is 0. The Balaban J connectivity index is 1.36. The summed E-state index contributed by atoms with van der Waals surface area (Å²) in [4.78, 5) is 21.5. The molecule has 162 valence electrons. The fourth-order valence-corrected chi connectivity index (χ4v) is 5.28. The summed E-state index contributed by atoms with van der Waals surface area (Å²) >= 11 is 0. The first-order valence-electron chi connectivity index (χ1n) is 11.8. The highest BCUT2D eigenvalue weighted by molar-refractivity contribution is 5.81. The van der Waals surface area contributed by atoms with Crippen molar-refractivity contribution in [3.05, 3.63) is 11.4 Å². The molecular formula is C23H34N6O. The van der Waals surface area contributed by atoms with Crippen molar-refractivity contribution >= 4 is 5.91 Å². The standard InChI is InChI=1S/C23H34N6O/c24-17-20(18-25)22-27(12-4-11-26-9-2-1-3-10-26)15-16-29(22)21-7-13-28(14-8-21)23(30)19-5-6-19/h19,21H,1-16H2. The number of hydrogen-bond donors (Lipinski definition) is 0. The van der Waals surface area contributed by atoms with Crippen molar-refractivity contribution in [1.82, 2.24) is 19.6 Å². The van der Waals surface area contributed by atoms with E-state index in [1.165, 1.54) is 32.4 Å². The zero-order valence-corrected chi connectivity index (χ0v) is 18.1. The minimum absolute atomic E-state index is 0.238. The van der Waals surface area contributed by atoms with Gasteiger partial charge in [-0.15, -0.1) is 0 Å². The summed E-state index contributed by atoms with van der Waals surface area (Å²) in [5, 5.41) is 19.2. The molecule has 3 heterocycles. The lowest BCUT2D eigenvalue weighted by molar-refractivity contribution is -0.134. The second-order valence-corrected chi connectivity index (χ2v) is 9.19. The third-order valence-corrected chi connectivity index (χ3v) is 7.12. The molecule has 4 rings (SSSR count). The molecule has 3 saturated heterocycles. The molecule has 7 heteroatoms. The van der Waals surface area contributed by atoms with E-state index in [-0.39, 0.29) is 11.5 Å². The average Bonchev–Trinajstić information content (AvgIpc) is 3.56. The van der Waals surface area contributed by atoms with Crippen LogP contribution in [0.15, 0.2) is 11.4 Å². The van der Waals surface area contributed by atoms with Gasteiger partial charge in [0.05, 0.1) is 0 Å². The maximum atomic E-state index is 12.4. The Hall–Kier alpha value is -2.25. The van der Waals surface area contributed by atoms with Crippen LogP contribution in [0.4, 0.5) is 0 Å². The molecule has 30 heavy (non-hydrogen) atoms. The molecule has 1 saturated carbocycles. The van der Waals surface area contributed by atoms with Crippen LogP contribution in [0.1, 0.15) is 51.4 Å². The molecule has 1 amide bonds. The van der Waals surface area contributed by atoms with Crippen LogP contribution in [0.3, 0.4) is 0 Å². The minimum atomic E-state index is 0.238. The maximum absolute atomic E-state index is 12.4. The van der Waals surface area contributed by atoms with Gasteiger partial charge in [0.15, 0.2) is 5.57 Å². The highest BCUT2D eigenvalue weighted by Gasteiger charge is 2.38. The molecule has 0 aromatic heterocycles. The summed E-state index contributed by atoms with van der Waals surface area (Å²) in [5.41, 5.74) is 0.238. The van der Waals surface area contributed by atoms with Gasteiger partial charge in [0.1, 0.15) is 18.0 Å². The summed E-state index contributed by atoms with van der Waals surface area (Å²) < 4.78 is 0. The lowest BCUT2D eigenvalue weighted by Gasteiger charge is -2.38. The Morgan fingerprint density at radius 3 is 2.20 bits per heavy atom. The number of nitriles is 2. The number of allylic oxidation sites excluding steroid dienone is 1. The van der Waals surface area contributed by atoms with E-state index in [1.54, 1.807) is 0 Å². The fraction of sp³-hybridized carbons (Fsp3) is 0.783. The number of likely N-dealkylation sites (tertiary alicyclic amines) is 2. The first-order chi connectivity index (χ1) is 14.7. The van der Waals surface area contributed by atoms with Crippen molar-refractivity contribution in [3.63, 3.8) is 0 Å². The smallest absolute Gasteiger partial charge is 0.225 e. The zero-order chi connectivity index (χ0) is 20.9. The molecule has 0 aromatic carbocycles. The van der Waals surface area contributed by atoms with Crippen molar-refractivity contribution in [2.75, 3.05) is 52.4 Å². The quantitative estimate of drug-likeness (QED) is 0.625. The van der Waals surface area contributed by atoms with Crippen LogP contribution in [0.2, 0.25) is 0 Å². The number of nitrogens with zero attached hydrogens (tertiary/aromatic N) is 6. The predicted octanol–water partition coefficient (Wildman–Crippen LogP) is 2.14. The molecule has 0 radical (unpaired) electrons. The first kappa shape index (κ1) is 21.0. The molecule has 7 nitrogen and oxygen atoms in total. The summed E-state index contributed by atoms with van der Waals surface area (Å²) in [6.07, 6.45) is 8.98. The molecule has 4 aliphatic rings. The van der Waals surface area contributed by atoms with Gasteiger partial charge < -0.3 is 19.6 Å². The predicted molar refractivity (Wildman–Crippen MR) is 114 cm³/mol. The number of carbonyl (C=O) groups is 1. The highest BCUT2D eigenvalue weighted by Crippen LogP contribution is 2.34. The minimum Gasteiger partial charge on any atom is -0.355 e. The van der Waals surface area contributed by atoms with Crippen LogP contribution in [-0.2, 0) is 4.79 Å². The van der Waals surface area contributed by atoms with Crippen molar-refractivity contribution in [2.45, 2.75) is 57.4 Å². The van der Waals surface area contributed by atoms with Crippen LogP contribution in [0.5, 0.6) is 0 Å². The molecule has 0 N–H and O–H groups in total. The molecule has 3 aliphatic heterocycles. The largest absolute Gasteiger partial charge is 0.355 e. The van der Waals surface area contributed by atoms with E-state index >= 15 is 0 Å². The van der Waals surface area contributed by atoms with Gasteiger partial charge in [0.25, 0.3) is 0 Å². The van der Waals surface area contributed by atoms with Gasteiger partial charge in [-0.1, -0.05) is 6.42 Å². The second-order valence-electron chi connectivity index (χ2n) is 9.19. The number of rotatable bonds is 6. The normalized spacial score (nSPS) is 23.4. The molecule has 0 bridgehead atoms. The van der Waals surface area contributed by atoms with E-state index in [0.29, 0.717) is 11.9 Å². The van der Waals surface area contributed by atoms with Crippen LogP contribution in [0, 0.1) is 28.6 Å². The van der Waals surface area contributed by atoms with Crippen molar-refractivity contribution < 1.29 is 4.79 Å². The third kappa shape index (κ3) is 4.73. The van der Waals surface area contributed by atoms with Crippen LogP contribution < -0.4 is 0 Å². The molecule has 0 unspecified atom stereocenters. The van der Waals surface area contributed by atoms with Crippen LogP contribution in [-0.4, -0.2) is 83.9 Å². The lowest BCUT2D eigenvalue weighted by Crippen LogP contribution is -2.46. The molecule has 0 aromatic rings. The lowest BCUT2D eigenvalue weighted by atomic mass is 10.0. The number of hydrogen-bond acceptors (Lipinski definition) is 6. The van der Waals surface area contributed by atoms with Gasteiger partial charge in [0, 0.05) is 44.7 Å². The number of piperidine rings is 2. The summed E-state index contributed by atoms with van der Waals surface area (Å²) in [6.45, 7) is 7.74. The topological polar surface area (TPSA) is 77.6 Å². The van der Waals surface area contributed by atoms with E-state index in [9.17, 15) is 15.3 Å². The van der Waals surface area contributed by atoms with E-state index in [4.69, 9.17) is 0 Å². The SMILES string of the molecule is N#CC(C#N)=C1N(CCCN2CCCCC2)CCN1C1CCN(C(=O)C2CC2)CC1. The molecule has 0 atom stereocenters. The zero-order valence-electron chi connectivity index (χ0n) is 18.1. The van der Waals surface area contributed by atoms with Gasteiger partial charge in [-0.2, -0.15) is 10.5 Å². The Labute approximate surface area is 180 Å². The van der Waals surface area contributed by atoms with E-state index in [2.05, 4.69) is 26.8 Å². The van der Waals surface area contributed by atoms with Crippen molar-refractivity contribution in [3.8, 4) is 12.1 Å². The first-order valence-corrected chi connectivity index (χ1v) is 11.8. The molecular weight excluding hydrogens is 376 g/mol. The van der Waals surface area contributed by atoms with Crippen LogP contribution >= 0.6 is 0 Å². The Kier molecular flexibility index (Phi) is 6.79. The van der Waals surface area contributed by atoms with Crippen molar-refractivity contribution in [2.24, 2.45) is 5.92 Å². The fourth-order valence-electron chi connectivity index (χ4n) is 5.28. The van der Waals surface area contributed by atoms with E-state index < -0.39 is 0 Å². The highest BCUT2D eigenvalue weighted by atomic mass is 16.2. The van der Waals surface area contributed by atoms with Crippen LogP contribution in [0.25, 0.3) is 0 Å². The number of carbonyl (C=O) groups excluding carboxylic acids is 1. The molecule has 0 spiro atoms. The van der Waals surface area contributed by atoms with Gasteiger partial charge >= 0.3 is 0 Å². The summed E-state index contributed by atoms with van der Waals surface area (Å²) in [6, 6.07) is 4.60. The van der Waals surface area contributed by atoms with E-state index in [1.807, 2.05) is 4.90 Å². The molecule has 1 aliphatic carbocycles. The Bertz CT molecular complexity index is 716. The monoisotopic (exact) mass is 410 g/mol. The second kappa shape index (κ2) is 9.71. The van der Waals surface area contributed by atoms with Gasteiger partial charge in [-0.05, 0) is 64.6 Å². The molecule has 4 fully saturated rings. The number of amides is 1.